The van der Waals surface area contributed by atoms with Crippen LogP contribution in [-0.2, 0) is 22.6 Å². The molecule has 1 aromatic heterocycles. The minimum absolute atomic E-state index is 0.268. The van der Waals surface area contributed by atoms with Gasteiger partial charge in [0, 0.05) is 25.1 Å². The molecule has 130 valence electrons. The van der Waals surface area contributed by atoms with Crippen molar-refractivity contribution < 1.29 is 19.1 Å². The van der Waals surface area contributed by atoms with Crippen molar-refractivity contribution in [2.24, 2.45) is 0 Å². The number of amides is 1. The van der Waals surface area contributed by atoms with Gasteiger partial charge in [0.1, 0.15) is 11.6 Å². The topological polar surface area (TPSA) is 83.6 Å². The van der Waals surface area contributed by atoms with Crippen molar-refractivity contribution in [2.75, 3.05) is 0 Å². The molecule has 4 rings (SSSR count). The van der Waals surface area contributed by atoms with E-state index >= 15 is 0 Å². The Morgan fingerprint density at radius 2 is 1.85 bits per heavy atom. The first kappa shape index (κ1) is 16.1. The number of rotatable bonds is 3. The second-order valence-electron chi connectivity index (χ2n) is 6.15. The lowest BCUT2D eigenvalue weighted by Crippen LogP contribution is -2.48. The van der Waals surface area contributed by atoms with Crippen LogP contribution in [0.1, 0.15) is 17.0 Å². The predicted octanol–water partition coefficient (Wildman–Crippen LogP) is 2.88. The van der Waals surface area contributed by atoms with Crippen molar-refractivity contribution in [3.05, 3.63) is 71.6 Å². The molecule has 1 N–H and O–H groups in total. The van der Waals surface area contributed by atoms with Gasteiger partial charge in [-0.15, -0.1) is 0 Å². The van der Waals surface area contributed by atoms with Crippen LogP contribution in [0.25, 0.3) is 17.2 Å². The highest BCUT2D eigenvalue weighted by Gasteiger charge is 2.33. The summed E-state index contributed by atoms with van der Waals surface area (Å²) in [5, 5.41) is 9.51. The standard InChI is InChI=1S/C20H16N2O4/c23-19(10-9-18-21-15-7-3-4-8-17(15)26-18)22-12-14-6-2-1-5-13(14)11-16(22)20(24)25/h1-10,16H,11-12H2,(H,24,25)/b10-9+. The summed E-state index contributed by atoms with van der Waals surface area (Å²) in [7, 11) is 0. The second kappa shape index (κ2) is 6.48. The summed E-state index contributed by atoms with van der Waals surface area (Å²) >= 11 is 0. The largest absolute Gasteiger partial charge is 0.480 e. The SMILES string of the molecule is O=C(O)C1Cc2ccccc2CN1C(=O)/C=C/c1nc2ccccc2o1. The highest BCUT2D eigenvalue weighted by atomic mass is 16.4. The molecule has 0 bridgehead atoms. The van der Waals surface area contributed by atoms with Crippen LogP contribution in [0, 0.1) is 0 Å². The van der Waals surface area contributed by atoms with Gasteiger partial charge in [0.25, 0.3) is 0 Å². The van der Waals surface area contributed by atoms with Crippen LogP contribution >= 0.6 is 0 Å². The number of hydrogen-bond acceptors (Lipinski definition) is 4. The van der Waals surface area contributed by atoms with E-state index in [1.165, 1.54) is 17.1 Å². The summed E-state index contributed by atoms with van der Waals surface area (Å²) in [5.41, 5.74) is 3.27. The number of nitrogens with zero attached hydrogens (tertiary/aromatic N) is 2. The summed E-state index contributed by atoms with van der Waals surface area (Å²) < 4.78 is 5.55. The quantitative estimate of drug-likeness (QED) is 0.736. The highest BCUT2D eigenvalue weighted by molar-refractivity contribution is 5.94. The van der Waals surface area contributed by atoms with Gasteiger partial charge in [0.15, 0.2) is 5.58 Å². The number of carbonyl (C=O) groups excluding carboxylic acids is 1. The maximum atomic E-state index is 12.6. The average molecular weight is 348 g/mol. The zero-order valence-electron chi connectivity index (χ0n) is 13.8. The zero-order valence-corrected chi connectivity index (χ0v) is 13.8. The molecule has 26 heavy (non-hydrogen) atoms. The second-order valence-corrected chi connectivity index (χ2v) is 6.15. The Kier molecular flexibility index (Phi) is 4.01. The van der Waals surface area contributed by atoms with Crippen LogP contribution < -0.4 is 0 Å². The van der Waals surface area contributed by atoms with Crippen molar-refractivity contribution in [2.45, 2.75) is 19.0 Å². The molecule has 3 aromatic rings. The van der Waals surface area contributed by atoms with E-state index < -0.39 is 12.0 Å². The highest BCUT2D eigenvalue weighted by Crippen LogP contribution is 2.24. The monoisotopic (exact) mass is 348 g/mol. The molecule has 1 atom stereocenters. The smallest absolute Gasteiger partial charge is 0.326 e. The molecular formula is C20H16N2O4. The molecule has 2 heterocycles. The Morgan fingerprint density at radius 1 is 1.12 bits per heavy atom. The van der Waals surface area contributed by atoms with Gasteiger partial charge in [-0.3, -0.25) is 4.79 Å². The van der Waals surface area contributed by atoms with E-state index in [1.54, 1.807) is 6.07 Å². The van der Waals surface area contributed by atoms with Crippen LogP contribution in [0.5, 0.6) is 0 Å². The number of aliphatic carboxylic acids is 1. The third-order valence-corrected chi connectivity index (χ3v) is 4.50. The van der Waals surface area contributed by atoms with Crippen LogP contribution in [0.15, 0.2) is 59.0 Å². The fraction of sp³-hybridized carbons (Fsp3) is 0.150. The number of carboxylic acids is 1. The average Bonchev–Trinajstić information content (AvgIpc) is 3.08. The molecule has 0 spiro atoms. The lowest BCUT2D eigenvalue weighted by Gasteiger charge is -2.33. The minimum Gasteiger partial charge on any atom is -0.480 e. The third-order valence-electron chi connectivity index (χ3n) is 4.50. The molecule has 0 saturated heterocycles. The Labute approximate surface area is 149 Å². The van der Waals surface area contributed by atoms with Crippen LogP contribution in [-0.4, -0.2) is 32.9 Å². The fourth-order valence-electron chi connectivity index (χ4n) is 3.17. The molecule has 1 aliphatic rings. The van der Waals surface area contributed by atoms with E-state index in [-0.39, 0.29) is 12.5 Å². The molecule has 0 saturated carbocycles. The maximum absolute atomic E-state index is 12.6. The van der Waals surface area contributed by atoms with E-state index in [0.29, 0.717) is 23.4 Å². The summed E-state index contributed by atoms with van der Waals surface area (Å²) in [5.74, 6) is -1.08. The molecule has 1 unspecified atom stereocenters. The Bertz CT molecular complexity index is 988. The molecule has 0 radical (unpaired) electrons. The van der Waals surface area contributed by atoms with E-state index in [4.69, 9.17) is 4.42 Å². The molecule has 1 amide bonds. The number of aromatic nitrogens is 1. The van der Waals surface area contributed by atoms with Crippen LogP contribution in [0.4, 0.5) is 0 Å². The number of fused-ring (bicyclic) bond motifs is 2. The van der Waals surface area contributed by atoms with E-state index in [0.717, 1.165) is 11.1 Å². The van der Waals surface area contributed by atoms with Gasteiger partial charge >= 0.3 is 5.97 Å². The van der Waals surface area contributed by atoms with Gasteiger partial charge in [-0.25, -0.2) is 9.78 Å². The third kappa shape index (κ3) is 2.97. The minimum atomic E-state index is -1.01. The summed E-state index contributed by atoms with van der Waals surface area (Å²) in [6.07, 6.45) is 3.09. The Hall–Kier alpha value is -3.41. The first-order valence-corrected chi connectivity index (χ1v) is 8.25. The summed E-state index contributed by atoms with van der Waals surface area (Å²) in [4.78, 5) is 29.9. The molecule has 2 aromatic carbocycles. The van der Waals surface area contributed by atoms with Gasteiger partial charge in [0.05, 0.1) is 0 Å². The molecule has 6 heteroatoms. The van der Waals surface area contributed by atoms with Gasteiger partial charge < -0.3 is 14.4 Å². The molecule has 0 fully saturated rings. The Morgan fingerprint density at radius 3 is 2.62 bits per heavy atom. The van der Waals surface area contributed by atoms with Crippen LogP contribution in [0.2, 0.25) is 0 Å². The number of oxazole rings is 1. The first-order valence-electron chi connectivity index (χ1n) is 8.25. The van der Waals surface area contributed by atoms with Crippen molar-refractivity contribution in [3.63, 3.8) is 0 Å². The summed E-state index contributed by atoms with van der Waals surface area (Å²) in [6.45, 7) is 0.268. The zero-order chi connectivity index (χ0) is 18.1. The Balaban J connectivity index is 1.58. The number of hydrogen-bond donors (Lipinski definition) is 1. The lowest BCUT2D eigenvalue weighted by atomic mass is 9.94. The molecular weight excluding hydrogens is 332 g/mol. The predicted molar refractivity (Wildman–Crippen MR) is 95.2 cm³/mol. The summed E-state index contributed by atoms with van der Waals surface area (Å²) in [6, 6.07) is 14.0. The number of carbonyl (C=O) groups is 2. The van der Waals surface area contributed by atoms with Gasteiger partial charge in [-0.2, -0.15) is 0 Å². The number of carboxylic acid groups (broad SMARTS) is 1. The molecule has 1 aliphatic heterocycles. The normalized spacial score (nSPS) is 16.8. The number of benzene rings is 2. The first-order chi connectivity index (χ1) is 12.6. The fourth-order valence-corrected chi connectivity index (χ4v) is 3.17. The number of para-hydroxylation sites is 2. The van der Waals surface area contributed by atoms with Gasteiger partial charge in [-0.05, 0) is 23.3 Å². The van der Waals surface area contributed by atoms with Gasteiger partial charge in [0.2, 0.25) is 11.8 Å². The molecule has 6 nitrogen and oxygen atoms in total. The van der Waals surface area contributed by atoms with Crippen molar-refractivity contribution in [1.29, 1.82) is 0 Å². The maximum Gasteiger partial charge on any atom is 0.326 e. The van der Waals surface area contributed by atoms with E-state index in [2.05, 4.69) is 4.98 Å². The van der Waals surface area contributed by atoms with Crippen molar-refractivity contribution in [3.8, 4) is 0 Å². The van der Waals surface area contributed by atoms with Gasteiger partial charge in [-0.1, -0.05) is 36.4 Å². The van der Waals surface area contributed by atoms with E-state index in [9.17, 15) is 14.7 Å². The lowest BCUT2D eigenvalue weighted by molar-refractivity contribution is -0.149. The van der Waals surface area contributed by atoms with E-state index in [1.807, 2.05) is 42.5 Å². The molecule has 0 aliphatic carbocycles. The van der Waals surface area contributed by atoms with Crippen molar-refractivity contribution >= 4 is 29.1 Å². The van der Waals surface area contributed by atoms with Crippen molar-refractivity contribution in [1.82, 2.24) is 9.88 Å². The van der Waals surface area contributed by atoms with Crippen LogP contribution in [0.3, 0.4) is 0 Å².